The molecule has 6 fully saturated rings. The number of imide groups is 1. The number of carbonyl (C=O) groups excluding carboxylic acids is 3. The molecule has 0 bridgehead atoms. The van der Waals surface area contributed by atoms with Gasteiger partial charge in [0.2, 0.25) is 11.8 Å². The van der Waals surface area contributed by atoms with Gasteiger partial charge in [-0.05, 0) is 94.5 Å². The van der Waals surface area contributed by atoms with Gasteiger partial charge < -0.3 is 28.9 Å². The zero-order chi connectivity index (χ0) is 44.2. The van der Waals surface area contributed by atoms with Gasteiger partial charge in [0.1, 0.15) is 35.8 Å². The highest BCUT2D eigenvalue weighted by Crippen LogP contribution is 2.45. The molecule has 346 valence electrons. The smallest absolute Gasteiger partial charge is 0.255 e. The van der Waals surface area contributed by atoms with Gasteiger partial charge in [0.05, 0.1) is 42.4 Å². The molecule has 8 heterocycles. The van der Waals surface area contributed by atoms with Crippen molar-refractivity contribution < 1.29 is 33.0 Å². The van der Waals surface area contributed by atoms with E-state index in [2.05, 4.69) is 66.5 Å². The van der Waals surface area contributed by atoms with Gasteiger partial charge in [-0.2, -0.15) is 0 Å². The van der Waals surface area contributed by atoms with Gasteiger partial charge in [0, 0.05) is 101 Å². The summed E-state index contributed by atoms with van der Waals surface area (Å²) in [5.74, 6) is 0.767. The molecule has 65 heavy (non-hydrogen) atoms. The lowest BCUT2D eigenvalue weighted by molar-refractivity contribution is -0.136. The van der Waals surface area contributed by atoms with Gasteiger partial charge in [-0.3, -0.25) is 34.5 Å². The fraction of sp³-hybridized carbons (Fsp3) is 0.604. The summed E-state index contributed by atoms with van der Waals surface area (Å²) < 4.78 is 35.1. The summed E-state index contributed by atoms with van der Waals surface area (Å²) in [6.45, 7) is 12.3. The average Bonchev–Trinajstić information content (AvgIpc) is 3.78. The maximum absolute atomic E-state index is 16.0. The van der Waals surface area contributed by atoms with Crippen molar-refractivity contribution in [2.45, 2.75) is 101 Å². The van der Waals surface area contributed by atoms with Gasteiger partial charge in [-0.1, -0.05) is 0 Å². The summed E-state index contributed by atoms with van der Waals surface area (Å²) in [6, 6.07) is 11.1. The van der Waals surface area contributed by atoms with Crippen LogP contribution >= 0.6 is 0 Å². The Labute approximate surface area is 379 Å². The normalized spacial score (nSPS) is 28.3. The molecule has 17 heteroatoms. The van der Waals surface area contributed by atoms with Crippen LogP contribution in [0.4, 0.5) is 21.6 Å². The average molecular weight is 893 g/mol. The SMILES string of the molecule is CC1(Oc2ccc3c(c2)C(c2cc(N4CCN(C[C@H]5CC[C@H](CN6CCN(c7ccc8c(c7F)CN(C7CCC(=O)NC7=O)C8=O)CC6)OC5)CC4)ncn2)NN3C2CCCCO2)CC1. The lowest BCUT2D eigenvalue weighted by Gasteiger charge is -2.40. The first-order chi connectivity index (χ1) is 31.6. The zero-order valence-corrected chi connectivity index (χ0v) is 37.4. The van der Waals surface area contributed by atoms with Crippen molar-refractivity contribution in [3.63, 3.8) is 0 Å². The van der Waals surface area contributed by atoms with E-state index >= 15 is 4.39 Å². The number of amides is 3. The molecule has 0 radical (unpaired) electrons. The first kappa shape index (κ1) is 42.7. The van der Waals surface area contributed by atoms with E-state index in [1.165, 1.54) is 4.90 Å². The van der Waals surface area contributed by atoms with Gasteiger partial charge in [0.25, 0.3) is 5.91 Å². The quantitative estimate of drug-likeness (QED) is 0.268. The number of piperidine rings is 1. The lowest BCUT2D eigenvalue weighted by atomic mass is 9.97. The second kappa shape index (κ2) is 17.7. The number of fused-ring (bicyclic) bond motifs is 2. The summed E-state index contributed by atoms with van der Waals surface area (Å²) in [4.78, 5) is 57.7. The number of aromatic nitrogens is 2. The lowest BCUT2D eigenvalue weighted by Crippen LogP contribution is -2.52. The second-order valence-corrected chi connectivity index (χ2v) is 19.6. The molecule has 3 unspecified atom stereocenters. The number of benzene rings is 2. The number of ether oxygens (including phenoxy) is 3. The standard InChI is InChI=1S/C48H61FN10O6/c1-48(13-14-48)65-32-7-9-38-35(24-32)45(53-59(38)43-4-2-3-23-63-43)37-25-41(51-30-50-37)57-21-17-54(18-22-57)26-31-5-6-33(64-29-31)27-55-15-19-56(20-16-55)39-10-8-34-36(44(39)49)28-58(47(34)62)40-11-12-42(60)52-46(40)61/h7-10,24-25,30-31,33,40,43,45,53H,2-6,11-23,26-29H2,1H3,(H,52,60,61)/t31-,33-,40?,43?,45?/m1/s1. The van der Waals surface area contributed by atoms with E-state index < -0.39 is 17.8 Å². The maximum Gasteiger partial charge on any atom is 0.255 e. The summed E-state index contributed by atoms with van der Waals surface area (Å²) >= 11 is 0. The Bertz CT molecular complexity index is 2290. The first-order valence-electron chi connectivity index (χ1n) is 24.0. The van der Waals surface area contributed by atoms with Crippen molar-refractivity contribution in [1.82, 2.24) is 35.4 Å². The van der Waals surface area contributed by atoms with E-state index in [1.807, 2.05) is 0 Å². The van der Waals surface area contributed by atoms with E-state index in [1.54, 1.807) is 18.5 Å². The number of nitrogens with zero attached hydrogens (tertiary/aromatic N) is 8. The summed E-state index contributed by atoms with van der Waals surface area (Å²) in [7, 11) is 0. The number of halogens is 1. The fourth-order valence-electron chi connectivity index (χ4n) is 10.9. The van der Waals surface area contributed by atoms with Crippen LogP contribution in [0, 0.1) is 11.7 Å². The third-order valence-corrected chi connectivity index (χ3v) is 15.1. The predicted molar refractivity (Wildman–Crippen MR) is 240 cm³/mol. The highest BCUT2D eigenvalue weighted by molar-refractivity contribution is 6.05. The number of carbonyl (C=O) groups is 3. The van der Waals surface area contributed by atoms with Crippen molar-refractivity contribution >= 4 is 34.9 Å². The first-order valence-corrected chi connectivity index (χ1v) is 24.0. The Hall–Kier alpha value is -4.94. The van der Waals surface area contributed by atoms with Crippen LogP contribution in [0.5, 0.6) is 5.75 Å². The van der Waals surface area contributed by atoms with Crippen LogP contribution in [0.25, 0.3) is 0 Å². The van der Waals surface area contributed by atoms with E-state index in [0.717, 1.165) is 139 Å². The summed E-state index contributed by atoms with van der Waals surface area (Å²) in [5.41, 5.74) is 8.04. The minimum absolute atomic E-state index is 0.0194. The highest BCUT2D eigenvalue weighted by atomic mass is 19.1. The van der Waals surface area contributed by atoms with Gasteiger partial charge in [-0.25, -0.2) is 19.8 Å². The van der Waals surface area contributed by atoms with Gasteiger partial charge in [-0.15, -0.1) is 0 Å². The predicted octanol–water partition coefficient (Wildman–Crippen LogP) is 3.99. The van der Waals surface area contributed by atoms with Crippen molar-refractivity contribution in [3.8, 4) is 5.75 Å². The molecule has 1 aliphatic carbocycles. The monoisotopic (exact) mass is 892 g/mol. The summed E-state index contributed by atoms with van der Waals surface area (Å²) in [5, 5.41) is 4.51. The van der Waals surface area contributed by atoms with Crippen LogP contribution < -0.4 is 30.3 Å². The van der Waals surface area contributed by atoms with E-state index in [9.17, 15) is 14.4 Å². The molecule has 16 nitrogen and oxygen atoms in total. The van der Waals surface area contributed by atoms with Gasteiger partial charge >= 0.3 is 0 Å². The Morgan fingerprint density at radius 2 is 1.63 bits per heavy atom. The Balaban J connectivity index is 0.638. The number of rotatable bonds is 11. The highest BCUT2D eigenvalue weighted by Gasteiger charge is 2.43. The van der Waals surface area contributed by atoms with Crippen LogP contribution in [-0.4, -0.2) is 145 Å². The maximum atomic E-state index is 16.0. The topological polar surface area (TPSA) is 148 Å². The third kappa shape index (κ3) is 8.77. The van der Waals surface area contributed by atoms with E-state index in [-0.39, 0.29) is 55.2 Å². The Morgan fingerprint density at radius 1 is 0.846 bits per heavy atom. The molecule has 2 N–H and O–H groups in total. The van der Waals surface area contributed by atoms with Crippen molar-refractivity contribution in [2.24, 2.45) is 5.92 Å². The molecule has 8 aliphatic rings. The molecule has 3 aromatic rings. The largest absolute Gasteiger partial charge is 0.488 e. The molecule has 11 rings (SSSR count). The van der Waals surface area contributed by atoms with Crippen molar-refractivity contribution in [2.75, 3.05) is 93.5 Å². The van der Waals surface area contributed by atoms with Gasteiger partial charge in [0.15, 0.2) is 5.82 Å². The van der Waals surface area contributed by atoms with Crippen LogP contribution in [0.1, 0.15) is 97.9 Å². The van der Waals surface area contributed by atoms with Crippen LogP contribution in [0.15, 0.2) is 42.7 Å². The molecule has 5 atom stereocenters. The molecule has 0 spiro atoms. The molecule has 3 amide bonds. The number of hydrazine groups is 1. The number of nitrogens with one attached hydrogen (secondary N) is 2. The number of hydrogen-bond donors (Lipinski definition) is 2. The Kier molecular flexibility index (Phi) is 11.6. The minimum Gasteiger partial charge on any atom is -0.488 e. The zero-order valence-electron chi connectivity index (χ0n) is 37.4. The molecule has 1 aromatic heterocycles. The fourth-order valence-corrected chi connectivity index (χ4v) is 10.9. The molecule has 5 saturated heterocycles. The van der Waals surface area contributed by atoms with Crippen molar-refractivity contribution in [3.05, 3.63) is 70.9 Å². The van der Waals surface area contributed by atoms with Crippen LogP contribution in [0.2, 0.25) is 0 Å². The molecular weight excluding hydrogens is 832 g/mol. The molecule has 7 aliphatic heterocycles. The van der Waals surface area contributed by atoms with Crippen LogP contribution in [-0.2, 0) is 25.6 Å². The molecule has 2 aromatic carbocycles. The van der Waals surface area contributed by atoms with E-state index in [0.29, 0.717) is 35.8 Å². The minimum atomic E-state index is -0.766. The van der Waals surface area contributed by atoms with E-state index in [4.69, 9.17) is 24.2 Å². The molecule has 1 saturated carbocycles. The summed E-state index contributed by atoms with van der Waals surface area (Å²) in [6.07, 6.45) is 9.85. The van der Waals surface area contributed by atoms with Crippen molar-refractivity contribution in [1.29, 1.82) is 0 Å². The number of hydrogen-bond acceptors (Lipinski definition) is 14. The molecular formula is C48H61FN10O6. The van der Waals surface area contributed by atoms with Crippen LogP contribution in [0.3, 0.4) is 0 Å². The number of piperazine rings is 2. The Morgan fingerprint density at radius 3 is 2.37 bits per heavy atom. The second-order valence-electron chi connectivity index (χ2n) is 19.6. The third-order valence-electron chi connectivity index (χ3n) is 15.1. The number of anilines is 3.